The Morgan fingerprint density at radius 2 is 1.90 bits per heavy atom. The average Bonchev–Trinajstić information content (AvgIpc) is 3.24. The molecule has 0 aliphatic carbocycles. The summed E-state index contributed by atoms with van der Waals surface area (Å²) in [7, 11) is 1.68. The first-order valence-corrected chi connectivity index (χ1v) is 13.0. The highest BCUT2D eigenvalue weighted by molar-refractivity contribution is 6.30. The minimum atomic E-state index is -3.13. The summed E-state index contributed by atoms with van der Waals surface area (Å²) in [5.74, 6) is -2.30. The number of hydrogen-bond acceptors (Lipinski definition) is 7. The molecular weight excluding hydrogens is 570 g/mol. The third-order valence-corrected chi connectivity index (χ3v) is 7.17. The van der Waals surface area contributed by atoms with E-state index in [4.69, 9.17) is 16.3 Å². The van der Waals surface area contributed by atoms with E-state index in [1.807, 2.05) is 0 Å². The van der Waals surface area contributed by atoms with Gasteiger partial charge in [0.15, 0.2) is 5.75 Å². The van der Waals surface area contributed by atoms with Crippen molar-refractivity contribution < 1.29 is 36.9 Å². The first kappa shape index (κ1) is 28.6. The quantitative estimate of drug-likeness (QED) is 0.252. The number of piperidine rings is 1. The smallest absolute Gasteiger partial charge is 0.387 e. The van der Waals surface area contributed by atoms with Crippen LogP contribution in [0.4, 0.5) is 17.6 Å². The van der Waals surface area contributed by atoms with E-state index < -0.39 is 24.2 Å². The molecule has 1 N–H and O–H groups in total. The molecule has 41 heavy (non-hydrogen) atoms. The van der Waals surface area contributed by atoms with E-state index in [2.05, 4.69) is 24.6 Å². The van der Waals surface area contributed by atoms with Gasteiger partial charge in [-0.2, -0.15) is 18.2 Å². The number of fused-ring (bicyclic) bond motifs is 1. The van der Waals surface area contributed by atoms with Crippen LogP contribution in [-0.4, -0.2) is 55.2 Å². The molecular formula is C27H24ClF4N5O4. The molecule has 0 saturated carbocycles. The fourth-order valence-electron chi connectivity index (χ4n) is 4.75. The Morgan fingerprint density at radius 1 is 1.15 bits per heavy atom. The normalized spacial score (nSPS) is 14.6. The van der Waals surface area contributed by atoms with E-state index in [-0.39, 0.29) is 45.8 Å². The van der Waals surface area contributed by atoms with E-state index in [0.717, 1.165) is 18.3 Å². The fourth-order valence-corrected chi connectivity index (χ4v) is 4.91. The van der Waals surface area contributed by atoms with E-state index >= 15 is 0 Å². The summed E-state index contributed by atoms with van der Waals surface area (Å²) >= 11 is 5.77. The topological polar surface area (TPSA) is 103 Å². The number of nitrogens with zero attached hydrogens (tertiary/aromatic N) is 5. The number of imidazole rings is 1. The molecule has 0 bridgehead atoms. The van der Waals surface area contributed by atoms with E-state index in [1.54, 1.807) is 11.6 Å². The van der Waals surface area contributed by atoms with Crippen LogP contribution >= 0.6 is 11.6 Å². The summed E-state index contributed by atoms with van der Waals surface area (Å²) in [5.41, 5.74) is 0.519. The second-order valence-electron chi connectivity index (χ2n) is 9.57. The summed E-state index contributed by atoms with van der Waals surface area (Å²) in [6, 6.07) is 6.51. The Hall–Kier alpha value is -3.97. The monoisotopic (exact) mass is 593 g/mol. The zero-order valence-electron chi connectivity index (χ0n) is 21.7. The number of carboxylic acids is 1. The highest BCUT2D eigenvalue weighted by Gasteiger charge is 2.26. The van der Waals surface area contributed by atoms with Crippen molar-refractivity contribution in [3.8, 4) is 11.6 Å². The first-order valence-electron chi connectivity index (χ1n) is 12.6. The molecule has 216 valence electrons. The number of likely N-dealkylation sites (tertiary alicyclic amines) is 1. The number of aromatic nitrogens is 4. The van der Waals surface area contributed by atoms with Gasteiger partial charge < -0.3 is 19.1 Å². The second kappa shape index (κ2) is 11.9. The predicted molar refractivity (Wildman–Crippen MR) is 139 cm³/mol. The Kier molecular flexibility index (Phi) is 8.27. The first-order chi connectivity index (χ1) is 19.6. The molecule has 0 unspecified atom stereocenters. The maximum Gasteiger partial charge on any atom is 0.387 e. The average molecular weight is 594 g/mol. The SMILES string of the molecule is Cn1c(CN2CCC(c3ncc(F)c(OCc4ccc(Cl)cc4F)n3)CC2)nc2c(OC(F)F)cc(C(=O)O)cc21. The standard InChI is InChI=1S/C27H24ClF4N5O4/c1-36-20-8-16(26(38)39)9-21(41-27(31)32)23(20)34-22(36)12-37-6-4-14(5-7-37)24-33-11-19(30)25(35-24)40-13-15-2-3-17(28)10-18(15)29/h2-3,8-11,14,27H,4-7,12-13H2,1H3,(H,38,39). The highest BCUT2D eigenvalue weighted by atomic mass is 35.5. The minimum Gasteiger partial charge on any atom is -0.478 e. The van der Waals surface area contributed by atoms with Crippen molar-refractivity contribution in [2.75, 3.05) is 13.1 Å². The molecule has 1 fully saturated rings. The van der Waals surface area contributed by atoms with Crippen LogP contribution in [-0.2, 0) is 20.2 Å². The van der Waals surface area contributed by atoms with Crippen LogP contribution < -0.4 is 9.47 Å². The van der Waals surface area contributed by atoms with Crippen LogP contribution in [0.1, 0.15) is 46.3 Å². The maximum absolute atomic E-state index is 14.3. The van der Waals surface area contributed by atoms with Gasteiger partial charge in [-0.1, -0.05) is 17.7 Å². The number of benzene rings is 2. The zero-order chi connectivity index (χ0) is 29.3. The van der Waals surface area contributed by atoms with Crippen LogP contribution in [0.2, 0.25) is 5.02 Å². The molecule has 0 atom stereocenters. The number of alkyl halides is 2. The van der Waals surface area contributed by atoms with Gasteiger partial charge in [0, 0.05) is 23.6 Å². The summed E-state index contributed by atoms with van der Waals surface area (Å²) in [6.07, 6.45) is 2.32. The summed E-state index contributed by atoms with van der Waals surface area (Å²) in [5, 5.41) is 9.61. The van der Waals surface area contributed by atoms with E-state index in [1.165, 1.54) is 18.2 Å². The van der Waals surface area contributed by atoms with Gasteiger partial charge in [0.1, 0.15) is 29.6 Å². The largest absolute Gasteiger partial charge is 0.478 e. The maximum atomic E-state index is 14.3. The van der Waals surface area contributed by atoms with Crippen molar-refractivity contribution in [1.82, 2.24) is 24.4 Å². The molecule has 14 heteroatoms. The molecule has 0 amide bonds. The third kappa shape index (κ3) is 6.35. The molecule has 1 aliphatic heterocycles. The zero-order valence-corrected chi connectivity index (χ0v) is 22.4. The molecule has 9 nitrogen and oxygen atoms in total. The summed E-state index contributed by atoms with van der Waals surface area (Å²) in [4.78, 5) is 26.5. The van der Waals surface area contributed by atoms with Crippen LogP contribution in [0.15, 0.2) is 36.5 Å². The summed E-state index contributed by atoms with van der Waals surface area (Å²) in [6.45, 7) is -1.77. The number of rotatable bonds is 9. The van der Waals surface area contributed by atoms with Crippen molar-refractivity contribution in [2.24, 2.45) is 7.05 Å². The van der Waals surface area contributed by atoms with Gasteiger partial charge in [0.25, 0.3) is 5.88 Å². The van der Waals surface area contributed by atoms with Gasteiger partial charge in [-0.05, 0) is 50.2 Å². The minimum absolute atomic E-state index is 0.0777. The van der Waals surface area contributed by atoms with Crippen LogP contribution in [0.5, 0.6) is 11.6 Å². The molecule has 0 spiro atoms. The van der Waals surface area contributed by atoms with Crippen molar-refractivity contribution in [2.45, 2.75) is 38.5 Å². The van der Waals surface area contributed by atoms with Gasteiger partial charge in [-0.3, -0.25) is 4.90 Å². The molecule has 1 aliphatic rings. The Morgan fingerprint density at radius 3 is 2.59 bits per heavy atom. The van der Waals surface area contributed by atoms with Crippen molar-refractivity contribution in [3.05, 3.63) is 76.0 Å². The molecule has 1 saturated heterocycles. The van der Waals surface area contributed by atoms with Crippen molar-refractivity contribution >= 4 is 28.6 Å². The number of ether oxygens (including phenoxy) is 2. The Balaban J connectivity index is 1.26. The van der Waals surface area contributed by atoms with Crippen LogP contribution in [0.3, 0.4) is 0 Å². The lowest BCUT2D eigenvalue weighted by Gasteiger charge is -2.30. The molecule has 2 aromatic heterocycles. The number of halogens is 5. The number of hydrogen-bond donors (Lipinski definition) is 1. The number of aromatic carboxylic acids is 1. The Labute approximate surface area is 236 Å². The molecule has 2 aromatic carbocycles. The second-order valence-corrected chi connectivity index (χ2v) is 10.0. The van der Waals surface area contributed by atoms with Gasteiger partial charge in [-0.15, -0.1) is 0 Å². The van der Waals surface area contributed by atoms with Gasteiger partial charge >= 0.3 is 12.6 Å². The lowest BCUT2D eigenvalue weighted by Crippen LogP contribution is -2.33. The third-order valence-electron chi connectivity index (χ3n) is 6.94. The van der Waals surface area contributed by atoms with Crippen molar-refractivity contribution in [3.63, 3.8) is 0 Å². The highest BCUT2D eigenvalue weighted by Crippen LogP contribution is 2.32. The summed E-state index contributed by atoms with van der Waals surface area (Å²) < 4.78 is 66.0. The number of carbonyl (C=O) groups is 1. The van der Waals surface area contributed by atoms with E-state index in [9.17, 15) is 27.5 Å². The van der Waals surface area contributed by atoms with Gasteiger partial charge in [0.05, 0.1) is 23.8 Å². The molecule has 5 rings (SSSR count). The lowest BCUT2D eigenvalue weighted by molar-refractivity contribution is -0.0489. The molecule has 4 aromatic rings. The number of carboxylic acid groups (broad SMARTS) is 1. The van der Waals surface area contributed by atoms with Crippen LogP contribution in [0.25, 0.3) is 11.0 Å². The van der Waals surface area contributed by atoms with Gasteiger partial charge in [-0.25, -0.2) is 19.2 Å². The van der Waals surface area contributed by atoms with Crippen LogP contribution in [0, 0.1) is 11.6 Å². The van der Waals surface area contributed by atoms with E-state index in [0.29, 0.717) is 49.6 Å². The number of aryl methyl sites for hydroxylation is 1. The Bertz CT molecular complexity index is 1590. The van der Waals surface area contributed by atoms with Crippen molar-refractivity contribution in [1.29, 1.82) is 0 Å². The van der Waals surface area contributed by atoms with Gasteiger partial charge in [0.2, 0.25) is 5.82 Å². The molecule has 3 heterocycles. The fraction of sp³-hybridized carbons (Fsp3) is 0.333. The molecule has 0 radical (unpaired) electrons. The lowest BCUT2D eigenvalue weighted by atomic mass is 9.96. The predicted octanol–water partition coefficient (Wildman–Crippen LogP) is 5.55.